The lowest BCUT2D eigenvalue weighted by molar-refractivity contribution is 0.277. The number of rotatable bonds is 3. The van der Waals surface area contributed by atoms with Crippen LogP contribution >= 0.6 is 0 Å². The Morgan fingerprint density at radius 3 is 2.71 bits per heavy atom. The maximum Gasteiger partial charge on any atom is 0.213 e. The van der Waals surface area contributed by atoms with Crippen molar-refractivity contribution in [1.82, 2.24) is 13.9 Å². The highest BCUT2D eigenvalue weighted by Crippen LogP contribution is 2.27. The van der Waals surface area contributed by atoms with Crippen LogP contribution in [0.15, 0.2) is 24.5 Å². The van der Waals surface area contributed by atoms with Crippen LogP contribution in [-0.2, 0) is 10.0 Å². The molecule has 1 fully saturated rings. The summed E-state index contributed by atoms with van der Waals surface area (Å²) >= 11 is 0. The average molecular weight is 311 g/mol. The summed E-state index contributed by atoms with van der Waals surface area (Å²) in [5, 5.41) is 0. The smallest absolute Gasteiger partial charge is 0.213 e. The van der Waals surface area contributed by atoms with E-state index >= 15 is 0 Å². The van der Waals surface area contributed by atoms with Crippen LogP contribution in [0.25, 0.3) is 11.0 Å². The van der Waals surface area contributed by atoms with Crippen molar-refractivity contribution in [3.8, 4) is 0 Å². The third kappa shape index (κ3) is 2.67. The van der Waals surface area contributed by atoms with E-state index in [4.69, 9.17) is 0 Å². The highest BCUT2D eigenvalue weighted by Gasteiger charge is 2.27. The molecule has 114 valence electrons. The number of nitrogens with zero attached hydrogens (tertiary/aromatic N) is 3. The van der Waals surface area contributed by atoms with Crippen molar-refractivity contribution < 1.29 is 12.8 Å². The highest BCUT2D eigenvalue weighted by molar-refractivity contribution is 7.89. The standard InChI is InChI=1S/C14H18FN3O2S/c1-2-21(19,20)17-7-5-12(6-8-17)18-10-16-13-9-11(15)3-4-14(13)18/h3-4,9-10,12H,2,5-8H2,1H3. The van der Waals surface area contributed by atoms with Crippen LogP contribution in [0.5, 0.6) is 0 Å². The topological polar surface area (TPSA) is 55.2 Å². The fraction of sp³-hybridized carbons (Fsp3) is 0.500. The van der Waals surface area contributed by atoms with E-state index in [-0.39, 0.29) is 17.6 Å². The fourth-order valence-corrected chi connectivity index (χ4v) is 4.01. The van der Waals surface area contributed by atoms with E-state index < -0.39 is 10.0 Å². The Kier molecular flexibility index (Phi) is 3.71. The molecule has 0 saturated carbocycles. The number of hydrogen-bond acceptors (Lipinski definition) is 3. The molecule has 5 nitrogen and oxygen atoms in total. The Labute approximate surface area is 123 Å². The van der Waals surface area contributed by atoms with Gasteiger partial charge in [-0.2, -0.15) is 0 Å². The van der Waals surface area contributed by atoms with Crippen LogP contribution in [0.2, 0.25) is 0 Å². The summed E-state index contributed by atoms with van der Waals surface area (Å²) in [5.41, 5.74) is 1.53. The van der Waals surface area contributed by atoms with Gasteiger partial charge in [0.1, 0.15) is 5.82 Å². The first-order valence-corrected chi connectivity index (χ1v) is 8.72. The summed E-state index contributed by atoms with van der Waals surface area (Å²) in [6.45, 7) is 2.72. The van der Waals surface area contributed by atoms with E-state index in [0.717, 1.165) is 18.4 Å². The predicted octanol–water partition coefficient (Wildman–Crippen LogP) is 2.16. The molecular weight excluding hydrogens is 293 g/mol. The Balaban J connectivity index is 1.80. The second-order valence-corrected chi connectivity index (χ2v) is 7.57. The van der Waals surface area contributed by atoms with Gasteiger partial charge >= 0.3 is 0 Å². The summed E-state index contributed by atoms with van der Waals surface area (Å²) in [7, 11) is -3.10. The quantitative estimate of drug-likeness (QED) is 0.873. The SMILES string of the molecule is CCS(=O)(=O)N1CCC(n2cnc3cc(F)ccc32)CC1. The lowest BCUT2D eigenvalue weighted by atomic mass is 10.1. The van der Waals surface area contributed by atoms with Crippen molar-refractivity contribution in [1.29, 1.82) is 0 Å². The van der Waals surface area contributed by atoms with Crippen molar-refractivity contribution in [2.75, 3.05) is 18.8 Å². The Morgan fingerprint density at radius 2 is 2.05 bits per heavy atom. The second-order valence-electron chi connectivity index (χ2n) is 5.32. The molecule has 0 radical (unpaired) electrons. The van der Waals surface area contributed by atoms with Gasteiger partial charge in [0, 0.05) is 25.2 Å². The van der Waals surface area contributed by atoms with Crippen LogP contribution in [0, 0.1) is 5.82 Å². The zero-order valence-corrected chi connectivity index (χ0v) is 12.7. The normalized spacial score (nSPS) is 18.4. The molecular formula is C14H18FN3O2S. The van der Waals surface area contributed by atoms with Crippen molar-refractivity contribution in [2.24, 2.45) is 0 Å². The summed E-state index contributed by atoms with van der Waals surface area (Å²) < 4.78 is 40.5. The summed E-state index contributed by atoms with van der Waals surface area (Å²) in [4.78, 5) is 4.23. The minimum Gasteiger partial charge on any atom is -0.327 e. The third-order valence-electron chi connectivity index (χ3n) is 4.11. The number of sulfonamides is 1. The zero-order valence-electron chi connectivity index (χ0n) is 11.9. The van der Waals surface area contributed by atoms with Gasteiger partial charge in [-0.1, -0.05) is 0 Å². The second kappa shape index (κ2) is 5.38. The number of piperidine rings is 1. The molecule has 2 aromatic rings. The zero-order chi connectivity index (χ0) is 15.0. The van der Waals surface area contributed by atoms with Crippen LogP contribution in [-0.4, -0.2) is 41.1 Å². The van der Waals surface area contributed by atoms with Gasteiger partial charge in [0.2, 0.25) is 10.0 Å². The molecule has 0 N–H and O–H groups in total. The third-order valence-corrected chi connectivity index (χ3v) is 5.99. The first-order chi connectivity index (χ1) is 10.0. The largest absolute Gasteiger partial charge is 0.327 e. The molecule has 2 heterocycles. The number of halogens is 1. The van der Waals surface area contributed by atoms with Gasteiger partial charge in [-0.25, -0.2) is 22.1 Å². The molecule has 0 atom stereocenters. The van der Waals surface area contributed by atoms with Gasteiger partial charge < -0.3 is 4.57 Å². The average Bonchev–Trinajstić information content (AvgIpc) is 2.90. The molecule has 1 aromatic heterocycles. The van der Waals surface area contributed by atoms with Gasteiger partial charge in [-0.05, 0) is 31.9 Å². The Bertz CT molecular complexity index is 749. The van der Waals surface area contributed by atoms with Gasteiger partial charge in [0.05, 0.1) is 23.1 Å². The predicted molar refractivity (Wildman–Crippen MR) is 79.0 cm³/mol. The summed E-state index contributed by atoms with van der Waals surface area (Å²) in [6.07, 6.45) is 3.23. The minimum absolute atomic E-state index is 0.144. The molecule has 0 unspecified atom stereocenters. The summed E-state index contributed by atoms with van der Waals surface area (Å²) in [5.74, 6) is -0.151. The molecule has 3 rings (SSSR count). The molecule has 1 aliphatic heterocycles. The lowest BCUT2D eigenvalue weighted by Gasteiger charge is -2.31. The van der Waals surface area contributed by atoms with Crippen molar-refractivity contribution in [3.63, 3.8) is 0 Å². The van der Waals surface area contributed by atoms with E-state index in [1.807, 2.05) is 4.57 Å². The summed E-state index contributed by atoms with van der Waals surface area (Å²) in [6, 6.07) is 4.79. The van der Waals surface area contributed by atoms with Crippen LogP contribution in [0.3, 0.4) is 0 Å². The molecule has 1 aliphatic rings. The molecule has 0 amide bonds. The fourth-order valence-electron chi connectivity index (χ4n) is 2.88. The van der Waals surface area contributed by atoms with Gasteiger partial charge in [-0.15, -0.1) is 0 Å². The molecule has 0 bridgehead atoms. The van der Waals surface area contributed by atoms with Crippen LogP contribution < -0.4 is 0 Å². The molecule has 0 spiro atoms. The van der Waals surface area contributed by atoms with Gasteiger partial charge in [0.25, 0.3) is 0 Å². The number of benzene rings is 1. The van der Waals surface area contributed by atoms with Crippen molar-refractivity contribution in [3.05, 3.63) is 30.3 Å². The molecule has 0 aliphatic carbocycles. The maximum absolute atomic E-state index is 13.2. The van der Waals surface area contributed by atoms with Gasteiger partial charge in [0.15, 0.2) is 0 Å². The monoisotopic (exact) mass is 311 g/mol. The lowest BCUT2D eigenvalue weighted by Crippen LogP contribution is -2.39. The van der Waals surface area contributed by atoms with E-state index in [2.05, 4.69) is 4.98 Å². The first kappa shape index (κ1) is 14.5. The Morgan fingerprint density at radius 1 is 1.33 bits per heavy atom. The number of aromatic nitrogens is 2. The van der Waals surface area contributed by atoms with Gasteiger partial charge in [-0.3, -0.25) is 0 Å². The first-order valence-electron chi connectivity index (χ1n) is 7.11. The Hall–Kier alpha value is -1.47. The molecule has 7 heteroatoms. The van der Waals surface area contributed by atoms with E-state index in [9.17, 15) is 12.8 Å². The number of fused-ring (bicyclic) bond motifs is 1. The van der Waals surface area contributed by atoms with Crippen LogP contribution in [0.1, 0.15) is 25.8 Å². The number of imidazole rings is 1. The van der Waals surface area contributed by atoms with E-state index in [1.165, 1.54) is 12.1 Å². The van der Waals surface area contributed by atoms with E-state index in [1.54, 1.807) is 23.6 Å². The van der Waals surface area contributed by atoms with E-state index in [0.29, 0.717) is 18.6 Å². The van der Waals surface area contributed by atoms with Crippen LogP contribution in [0.4, 0.5) is 4.39 Å². The minimum atomic E-state index is -3.10. The van der Waals surface area contributed by atoms with Crippen molar-refractivity contribution >= 4 is 21.1 Å². The number of hydrogen-bond donors (Lipinski definition) is 0. The maximum atomic E-state index is 13.2. The highest BCUT2D eigenvalue weighted by atomic mass is 32.2. The molecule has 1 aromatic carbocycles. The molecule has 21 heavy (non-hydrogen) atoms. The van der Waals surface area contributed by atoms with Crippen molar-refractivity contribution in [2.45, 2.75) is 25.8 Å². The molecule has 1 saturated heterocycles.